The Hall–Kier alpha value is -4.37. The highest BCUT2D eigenvalue weighted by Gasteiger charge is 2.25. The second-order valence-corrected chi connectivity index (χ2v) is 9.84. The van der Waals surface area contributed by atoms with Crippen LogP contribution in [0.1, 0.15) is 19.3 Å². The highest BCUT2D eigenvalue weighted by Crippen LogP contribution is 2.34. The number of pyridine rings is 3. The van der Waals surface area contributed by atoms with Gasteiger partial charge < -0.3 is 10.3 Å². The Morgan fingerprint density at radius 3 is 2.86 bits per heavy atom. The lowest BCUT2D eigenvalue weighted by Gasteiger charge is -2.24. The van der Waals surface area contributed by atoms with E-state index >= 15 is 0 Å². The fraction of sp³-hybridized carbons (Fsp3) is 0.148. The second-order valence-electron chi connectivity index (χ2n) is 9.06. The predicted molar refractivity (Wildman–Crippen MR) is 141 cm³/mol. The third-order valence-electron chi connectivity index (χ3n) is 6.80. The predicted octanol–water partition coefficient (Wildman–Crippen LogP) is 6.03. The summed E-state index contributed by atoms with van der Waals surface area (Å²) in [6, 6.07) is 12.0. The highest BCUT2D eigenvalue weighted by molar-refractivity contribution is 7.08. The van der Waals surface area contributed by atoms with Crippen LogP contribution in [0.15, 0.2) is 65.7 Å². The second kappa shape index (κ2) is 8.39. The third-order valence-corrected chi connectivity index (χ3v) is 7.49. The number of hydrogen-bond acceptors (Lipinski definition) is 6. The van der Waals surface area contributed by atoms with E-state index in [2.05, 4.69) is 53.4 Å². The van der Waals surface area contributed by atoms with E-state index < -0.39 is 0 Å². The highest BCUT2D eigenvalue weighted by atomic mass is 32.1. The van der Waals surface area contributed by atoms with Gasteiger partial charge in [0.25, 0.3) is 0 Å². The van der Waals surface area contributed by atoms with Crippen LogP contribution in [0.5, 0.6) is 0 Å². The van der Waals surface area contributed by atoms with Crippen molar-refractivity contribution >= 4 is 45.0 Å². The van der Waals surface area contributed by atoms with E-state index in [0.29, 0.717) is 5.69 Å². The number of amides is 1. The fourth-order valence-electron chi connectivity index (χ4n) is 4.63. The zero-order valence-corrected chi connectivity index (χ0v) is 20.0. The van der Waals surface area contributed by atoms with E-state index in [1.54, 1.807) is 23.7 Å². The van der Waals surface area contributed by atoms with Crippen molar-refractivity contribution < 1.29 is 4.79 Å². The molecule has 0 saturated heterocycles. The largest absolute Gasteiger partial charge is 0.338 e. The van der Waals surface area contributed by atoms with Crippen molar-refractivity contribution in [3.8, 4) is 33.8 Å². The Morgan fingerprint density at radius 2 is 2.03 bits per heavy atom. The van der Waals surface area contributed by atoms with Crippen LogP contribution >= 0.6 is 11.3 Å². The number of carbonyl (C=O) groups excluding carboxylic acids is 1. The number of carbonyl (C=O) groups is 1. The Labute approximate surface area is 209 Å². The number of fused-ring (bicyclic) bond motifs is 2. The molecule has 0 aliphatic heterocycles. The normalized spacial score (nSPS) is 13.8. The molecule has 1 saturated carbocycles. The quantitative estimate of drug-likeness (QED) is 0.273. The Kier molecular flexibility index (Phi) is 4.88. The first-order valence-corrected chi connectivity index (χ1v) is 12.8. The Bertz CT molecular complexity index is 1730. The third kappa shape index (κ3) is 3.56. The molecule has 1 amide bonds. The van der Waals surface area contributed by atoms with Gasteiger partial charge in [-0.2, -0.15) is 16.4 Å². The van der Waals surface area contributed by atoms with Gasteiger partial charge in [-0.1, -0.05) is 6.42 Å². The van der Waals surface area contributed by atoms with E-state index in [-0.39, 0.29) is 11.8 Å². The van der Waals surface area contributed by atoms with Crippen molar-refractivity contribution in [3.63, 3.8) is 0 Å². The summed E-state index contributed by atoms with van der Waals surface area (Å²) in [7, 11) is 0. The zero-order chi connectivity index (χ0) is 24.1. The average molecular weight is 492 g/mol. The van der Waals surface area contributed by atoms with E-state index in [9.17, 15) is 4.79 Å². The SMILES string of the molecule is O=C(Nc1cncc(-c2ccc3[nH]nc(-c4cc5c(-c6ccsc6)ccnc5[nH]4)c3n2)c1)C1CCC1. The van der Waals surface area contributed by atoms with Crippen molar-refractivity contribution in [2.24, 2.45) is 5.92 Å². The summed E-state index contributed by atoms with van der Waals surface area (Å²) in [5.74, 6) is 0.178. The lowest BCUT2D eigenvalue weighted by molar-refractivity contribution is -0.122. The smallest absolute Gasteiger partial charge is 0.227 e. The molecule has 3 N–H and O–H groups in total. The number of H-pyrrole nitrogens is 2. The standard InChI is InChI=1S/C27H21N7OS/c35-27(15-2-1-3-15)30-18-10-17(12-28-13-18)21-4-5-22-24(31-21)25(34-33-22)23-11-20-19(16-7-9-36-14-16)6-8-29-26(20)32-23/h4-15H,1-3H2,(H,29,32)(H,30,35)(H,33,34). The summed E-state index contributed by atoms with van der Waals surface area (Å²) in [5.41, 5.74) is 8.52. The average Bonchev–Trinajstić information content (AvgIpc) is 3.61. The van der Waals surface area contributed by atoms with Crippen LogP contribution in [-0.4, -0.2) is 36.0 Å². The molecule has 6 heterocycles. The monoisotopic (exact) mass is 491 g/mol. The molecule has 0 aromatic carbocycles. The molecule has 36 heavy (non-hydrogen) atoms. The van der Waals surface area contributed by atoms with E-state index in [4.69, 9.17) is 4.98 Å². The number of rotatable bonds is 5. The summed E-state index contributed by atoms with van der Waals surface area (Å²) in [6.45, 7) is 0. The van der Waals surface area contributed by atoms with Crippen molar-refractivity contribution in [1.29, 1.82) is 0 Å². The maximum atomic E-state index is 12.4. The lowest BCUT2D eigenvalue weighted by atomic mass is 9.85. The first-order valence-electron chi connectivity index (χ1n) is 11.8. The molecule has 6 aromatic heterocycles. The molecular weight excluding hydrogens is 470 g/mol. The lowest BCUT2D eigenvalue weighted by Crippen LogP contribution is -2.28. The summed E-state index contributed by atoms with van der Waals surface area (Å²) >= 11 is 1.67. The van der Waals surface area contributed by atoms with E-state index in [1.165, 1.54) is 5.56 Å². The number of anilines is 1. The first kappa shape index (κ1) is 21.0. The van der Waals surface area contributed by atoms with Gasteiger partial charge in [-0.3, -0.25) is 14.9 Å². The number of nitrogens with zero attached hydrogens (tertiary/aromatic N) is 4. The van der Waals surface area contributed by atoms with E-state index in [0.717, 1.165) is 69.5 Å². The van der Waals surface area contributed by atoms with Crippen molar-refractivity contribution in [2.75, 3.05) is 5.32 Å². The molecule has 6 aromatic rings. The minimum absolute atomic E-state index is 0.0648. The van der Waals surface area contributed by atoms with Gasteiger partial charge in [-0.05, 0) is 71.1 Å². The van der Waals surface area contributed by atoms with Gasteiger partial charge in [0.1, 0.15) is 16.9 Å². The molecule has 0 bridgehead atoms. The van der Waals surface area contributed by atoms with Gasteiger partial charge in [-0.15, -0.1) is 0 Å². The van der Waals surface area contributed by atoms with Gasteiger partial charge >= 0.3 is 0 Å². The van der Waals surface area contributed by atoms with Gasteiger partial charge in [0.05, 0.1) is 28.8 Å². The molecule has 176 valence electrons. The number of hydrogen-bond donors (Lipinski definition) is 3. The summed E-state index contributed by atoms with van der Waals surface area (Å²) in [5, 5.41) is 15.9. The van der Waals surface area contributed by atoms with Crippen LogP contribution in [0.2, 0.25) is 0 Å². The molecule has 9 heteroatoms. The zero-order valence-electron chi connectivity index (χ0n) is 19.2. The first-order chi connectivity index (χ1) is 17.7. The maximum absolute atomic E-state index is 12.4. The Balaban J connectivity index is 1.26. The van der Waals surface area contributed by atoms with Crippen molar-refractivity contribution in [3.05, 3.63) is 65.7 Å². The van der Waals surface area contributed by atoms with Gasteiger partial charge in [-0.25, -0.2) is 9.97 Å². The molecule has 0 atom stereocenters. The number of aromatic nitrogens is 6. The van der Waals surface area contributed by atoms with Crippen molar-refractivity contribution in [1.82, 2.24) is 30.1 Å². The van der Waals surface area contributed by atoms with Gasteiger partial charge in [0.15, 0.2) is 0 Å². The number of thiophene rings is 1. The molecular formula is C27H21N7OS. The van der Waals surface area contributed by atoms with Gasteiger partial charge in [0.2, 0.25) is 5.91 Å². The molecule has 8 nitrogen and oxygen atoms in total. The van der Waals surface area contributed by atoms with E-state index in [1.807, 2.05) is 30.5 Å². The molecule has 0 unspecified atom stereocenters. The summed E-state index contributed by atoms with van der Waals surface area (Å²) in [4.78, 5) is 29.6. The molecule has 0 radical (unpaired) electrons. The molecule has 1 fully saturated rings. The topological polar surface area (TPSA) is 112 Å². The number of nitrogens with one attached hydrogen (secondary N) is 3. The van der Waals surface area contributed by atoms with Crippen LogP contribution in [-0.2, 0) is 4.79 Å². The van der Waals surface area contributed by atoms with Crippen LogP contribution in [0.25, 0.3) is 55.8 Å². The molecule has 1 aliphatic carbocycles. The summed E-state index contributed by atoms with van der Waals surface area (Å²) < 4.78 is 0. The maximum Gasteiger partial charge on any atom is 0.227 e. The molecule has 7 rings (SSSR count). The van der Waals surface area contributed by atoms with Crippen LogP contribution in [0.3, 0.4) is 0 Å². The Morgan fingerprint density at radius 1 is 1.08 bits per heavy atom. The minimum atomic E-state index is 0.0648. The fourth-order valence-corrected chi connectivity index (χ4v) is 5.29. The summed E-state index contributed by atoms with van der Waals surface area (Å²) in [6.07, 6.45) is 8.28. The minimum Gasteiger partial charge on any atom is -0.338 e. The van der Waals surface area contributed by atoms with Crippen LogP contribution in [0.4, 0.5) is 5.69 Å². The number of aromatic amines is 2. The van der Waals surface area contributed by atoms with Gasteiger partial charge in [0, 0.05) is 29.3 Å². The van der Waals surface area contributed by atoms with Crippen LogP contribution < -0.4 is 5.32 Å². The molecule has 1 aliphatic rings. The van der Waals surface area contributed by atoms with Crippen molar-refractivity contribution in [2.45, 2.75) is 19.3 Å². The molecule has 0 spiro atoms. The van der Waals surface area contributed by atoms with Crippen LogP contribution in [0, 0.1) is 5.92 Å².